The van der Waals surface area contributed by atoms with Crippen molar-refractivity contribution < 1.29 is 8.42 Å². The Bertz CT molecular complexity index is 476. The molecular formula is C12H20N2O2S. The second-order valence-electron chi connectivity index (χ2n) is 4.92. The summed E-state index contributed by atoms with van der Waals surface area (Å²) in [5, 5.41) is 3.28. The molecule has 0 aromatic heterocycles. The highest BCUT2D eigenvalue weighted by Gasteiger charge is 2.17. The molecule has 17 heavy (non-hydrogen) atoms. The summed E-state index contributed by atoms with van der Waals surface area (Å²) >= 11 is 0. The maximum atomic E-state index is 11.8. The van der Waals surface area contributed by atoms with Gasteiger partial charge in [-0.05, 0) is 39.4 Å². The number of hydrogen-bond acceptors (Lipinski definition) is 3. The van der Waals surface area contributed by atoms with Crippen LogP contribution in [0.5, 0.6) is 0 Å². The monoisotopic (exact) mass is 256 g/mol. The quantitative estimate of drug-likeness (QED) is 0.858. The van der Waals surface area contributed by atoms with Crippen LogP contribution in [-0.4, -0.2) is 21.0 Å². The molecule has 0 bridgehead atoms. The average molecular weight is 256 g/mol. The van der Waals surface area contributed by atoms with E-state index in [1.54, 1.807) is 12.1 Å². The summed E-state index contributed by atoms with van der Waals surface area (Å²) in [4.78, 5) is 0.333. The van der Waals surface area contributed by atoms with Crippen molar-refractivity contribution in [1.82, 2.24) is 10.0 Å². The van der Waals surface area contributed by atoms with E-state index in [0.717, 1.165) is 5.56 Å². The van der Waals surface area contributed by atoms with Crippen LogP contribution >= 0.6 is 0 Å². The molecule has 0 aliphatic carbocycles. The van der Waals surface area contributed by atoms with Crippen LogP contribution in [0.1, 0.15) is 26.3 Å². The molecule has 0 saturated carbocycles. The molecule has 2 N–H and O–H groups in total. The van der Waals surface area contributed by atoms with E-state index in [4.69, 9.17) is 0 Å². The second kappa shape index (κ2) is 5.16. The minimum atomic E-state index is -3.39. The lowest BCUT2D eigenvalue weighted by Gasteiger charge is -2.21. The van der Waals surface area contributed by atoms with Gasteiger partial charge in [-0.1, -0.05) is 18.2 Å². The number of sulfonamides is 1. The predicted molar refractivity (Wildman–Crippen MR) is 69.3 cm³/mol. The molecule has 0 amide bonds. The molecule has 1 aromatic rings. The minimum Gasteiger partial charge on any atom is -0.308 e. The molecule has 96 valence electrons. The lowest BCUT2D eigenvalue weighted by Crippen LogP contribution is -2.35. The Balaban J connectivity index is 3.02. The molecule has 0 saturated heterocycles. The molecule has 0 heterocycles. The summed E-state index contributed by atoms with van der Waals surface area (Å²) in [7, 11) is -1.97. The van der Waals surface area contributed by atoms with Crippen molar-refractivity contribution in [3.05, 3.63) is 29.8 Å². The van der Waals surface area contributed by atoms with Crippen molar-refractivity contribution in [1.29, 1.82) is 0 Å². The largest absolute Gasteiger partial charge is 0.308 e. The number of hydrogen-bond donors (Lipinski definition) is 2. The molecule has 1 rings (SSSR count). The fraction of sp³-hybridized carbons (Fsp3) is 0.500. The third-order valence-corrected chi connectivity index (χ3v) is 3.85. The van der Waals surface area contributed by atoms with Crippen LogP contribution in [0.15, 0.2) is 29.2 Å². The first-order chi connectivity index (χ1) is 7.76. The molecule has 0 atom stereocenters. The van der Waals surface area contributed by atoms with Crippen molar-refractivity contribution in [2.24, 2.45) is 0 Å². The first-order valence-corrected chi connectivity index (χ1v) is 7.01. The predicted octanol–water partition coefficient (Wildman–Crippen LogP) is 1.48. The van der Waals surface area contributed by atoms with Crippen LogP contribution in [-0.2, 0) is 16.6 Å². The van der Waals surface area contributed by atoms with Crippen molar-refractivity contribution in [3.63, 3.8) is 0 Å². The van der Waals surface area contributed by atoms with Crippen LogP contribution in [0.4, 0.5) is 0 Å². The SMILES string of the molecule is CNS(=O)(=O)c1ccccc1CNC(C)(C)C. The lowest BCUT2D eigenvalue weighted by molar-refractivity contribution is 0.422. The van der Waals surface area contributed by atoms with Crippen LogP contribution in [0.2, 0.25) is 0 Å². The second-order valence-corrected chi connectivity index (χ2v) is 6.77. The van der Waals surface area contributed by atoms with Gasteiger partial charge in [-0.2, -0.15) is 0 Å². The maximum Gasteiger partial charge on any atom is 0.240 e. The first-order valence-electron chi connectivity index (χ1n) is 5.53. The van der Waals surface area contributed by atoms with Gasteiger partial charge in [0.2, 0.25) is 10.0 Å². The van der Waals surface area contributed by atoms with Gasteiger partial charge in [0.05, 0.1) is 4.90 Å². The van der Waals surface area contributed by atoms with E-state index in [1.165, 1.54) is 7.05 Å². The Hall–Kier alpha value is -0.910. The molecule has 0 aliphatic rings. The van der Waals surface area contributed by atoms with Crippen LogP contribution in [0, 0.1) is 0 Å². The van der Waals surface area contributed by atoms with E-state index < -0.39 is 10.0 Å². The van der Waals surface area contributed by atoms with E-state index in [-0.39, 0.29) is 5.54 Å². The number of benzene rings is 1. The van der Waals surface area contributed by atoms with Crippen molar-refractivity contribution >= 4 is 10.0 Å². The third-order valence-electron chi connectivity index (χ3n) is 2.34. The van der Waals surface area contributed by atoms with Crippen LogP contribution in [0.3, 0.4) is 0 Å². The molecule has 0 spiro atoms. The average Bonchev–Trinajstić information content (AvgIpc) is 2.26. The van der Waals surface area contributed by atoms with Gasteiger partial charge in [0.1, 0.15) is 0 Å². The van der Waals surface area contributed by atoms with Crippen molar-refractivity contribution in [3.8, 4) is 0 Å². The Morgan fingerprint density at radius 1 is 1.18 bits per heavy atom. The van der Waals surface area contributed by atoms with Gasteiger partial charge >= 0.3 is 0 Å². The molecule has 0 aliphatic heterocycles. The van der Waals surface area contributed by atoms with Gasteiger partial charge in [-0.25, -0.2) is 13.1 Å². The smallest absolute Gasteiger partial charge is 0.240 e. The van der Waals surface area contributed by atoms with E-state index >= 15 is 0 Å². The molecule has 4 nitrogen and oxygen atoms in total. The maximum absolute atomic E-state index is 11.8. The highest BCUT2D eigenvalue weighted by atomic mass is 32.2. The van der Waals surface area contributed by atoms with Crippen LogP contribution in [0.25, 0.3) is 0 Å². The fourth-order valence-electron chi connectivity index (χ4n) is 1.38. The molecule has 0 radical (unpaired) electrons. The van der Waals surface area contributed by atoms with E-state index in [1.807, 2.05) is 32.9 Å². The fourth-order valence-corrected chi connectivity index (χ4v) is 2.35. The van der Waals surface area contributed by atoms with Gasteiger partial charge in [0.15, 0.2) is 0 Å². The summed E-state index contributed by atoms with van der Waals surface area (Å²) in [5.74, 6) is 0. The lowest BCUT2D eigenvalue weighted by atomic mass is 10.1. The minimum absolute atomic E-state index is 0.0451. The van der Waals surface area contributed by atoms with Gasteiger partial charge in [-0.3, -0.25) is 0 Å². The zero-order valence-corrected chi connectivity index (χ0v) is 11.6. The summed E-state index contributed by atoms with van der Waals surface area (Å²) in [6.07, 6.45) is 0. The highest BCUT2D eigenvalue weighted by Crippen LogP contribution is 2.15. The Morgan fingerprint density at radius 3 is 2.29 bits per heavy atom. The molecular weight excluding hydrogens is 236 g/mol. The molecule has 1 aromatic carbocycles. The van der Waals surface area contributed by atoms with Gasteiger partial charge in [0.25, 0.3) is 0 Å². The Labute approximate surface area is 103 Å². The normalized spacial score (nSPS) is 12.7. The van der Waals surface area contributed by atoms with Gasteiger partial charge in [0, 0.05) is 12.1 Å². The van der Waals surface area contributed by atoms with Crippen LogP contribution < -0.4 is 10.0 Å². The molecule has 0 unspecified atom stereocenters. The van der Waals surface area contributed by atoms with Crippen molar-refractivity contribution in [2.45, 2.75) is 37.8 Å². The number of rotatable bonds is 4. The van der Waals surface area contributed by atoms with Gasteiger partial charge in [-0.15, -0.1) is 0 Å². The Morgan fingerprint density at radius 2 is 1.76 bits per heavy atom. The number of nitrogens with one attached hydrogen (secondary N) is 2. The van der Waals surface area contributed by atoms with Crippen molar-refractivity contribution in [2.75, 3.05) is 7.05 Å². The van der Waals surface area contributed by atoms with E-state index in [2.05, 4.69) is 10.0 Å². The van der Waals surface area contributed by atoms with E-state index in [0.29, 0.717) is 11.4 Å². The zero-order chi connectivity index (χ0) is 13.1. The standard InChI is InChI=1S/C12H20N2O2S/c1-12(2,3)14-9-10-7-5-6-8-11(10)17(15,16)13-4/h5-8,13-14H,9H2,1-4H3. The summed E-state index contributed by atoms with van der Waals surface area (Å²) in [6.45, 7) is 6.66. The molecule has 5 heteroatoms. The third kappa shape index (κ3) is 4.11. The topological polar surface area (TPSA) is 58.2 Å². The zero-order valence-electron chi connectivity index (χ0n) is 10.7. The summed E-state index contributed by atoms with van der Waals surface area (Å²) < 4.78 is 26.0. The molecule has 0 fully saturated rings. The summed E-state index contributed by atoms with van der Waals surface area (Å²) in [6, 6.07) is 7.01. The summed E-state index contributed by atoms with van der Waals surface area (Å²) in [5.41, 5.74) is 0.730. The van der Waals surface area contributed by atoms with Gasteiger partial charge < -0.3 is 5.32 Å². The Kier molecular flexibility index (Phi) is 4.30. The van der Waals surface area contributed by atoms with E-state index in [9.17, 15) is 8.42 Å². The highest BCUT2D eigenvalue weighted by molar-refractivity contribution is 7.89. The first kappa shape index (κ1) is 14.2.